The van der Waals surface area contributed by atoms with E-state index >= 15 is 0 Å². The molecule has 0 aliphatic carbocycles. The van der Waals surface area contributed by atoms with Crippen LogP contribution in [0.15, 0.2) is 29.3 Å². The summed E-state index contributed by atoms with van der Waals surface area (Å²) in [7, 11) is 0. The van der Waals surface area contributed by atoms with Crippen molar-refractivity contribution in [1.29, 1.82) is 0 Å². The Morgan fingerprint density at radius 3 is 2.72 bits per heavy atom. The molecule has 9 heteroatoms. The van der Waals surface area contributed by atoms with Gasteiger partial charge in [-0.2, -0.15) is 4.98 Å². The molecule has 0 saturated carbocycles. The van der Waals surface area contributed by atoms with Crippen LogP contribution in [0.3, 0.4) is 0 Å². The quantitative estimate of drug-likeness (QED) is 0.675. The van der Waals surface area contributed by atoms with Crippen LogP contribution in [0, 0.1) is 5.92 Å². The molecule has 0 aromatic carbocycles. The number of hydrogen-bond donors (Lipinski definition) is 3. The van der Waals surface area contributed by atoms with Crippen LogP contribution in [0.5, 0.6) is 0 Å². The Hall–Kier alpha value is -3.23. The maximum atomic E-state index is 13.3. The maximum Gasteiger partial charge on any atom is 0.278 e. The predicted octanol–water partition coefficient (Wildman–Crippen LogP) is 1.52. The number of carbonyl (C=O) groups excluding carboxylic acids is 2. The molecule has 9 nitrogen and oxygen atoms in total. The van der Waals surface area contributed by atoms with Crippen LogP contribution >= 0.6 is 0 Å². The van der Waals surface area contributed by atoms with Gasteiger partial charge in [0.1, 0.15) is 12.1 Å². The minimum atomic E-state index is -0.493. The molecule has 0 fully saturated rings. The van der Waals surface area contributed by atoms with E-state index in [1.54, 1.807) is 32.2 Å². The van der Waals surface area contributed by atoms with E-state index in [1.165, 1.54) is 4.90 Å². The molecule has 2 atom stereocenters. The Labute approximate surface area is 169 Å². The number of amides is 2. The van der Waals surface area contributed by atoms with Crippen molar-refractivity contribution in [3.63, 3.8) is 0 Å². The molecular formula is C20H27N6O3+. The molecule has 2 aromatic rings. The van der Waals surface area contributed by atoms with Crippen LogP contribution in [-0.2, 0) is 11.3 Å². The summed E-state index contributed by atoms with van der Waals surface area (Å²) in [5.41, 5.74) is 0.140. The lowest BCUT2D eigenvalue weighted by Gasteiger charge is -2.38. The number of hydrogen-bond acceptors (Lipinski definition) is 5. The molecule has 0 radical (unpaired) electrons. The molecule has 154 valence electrons. The van der Waals surface area contributed by atoms with Gasteiger partial charge in [-0.3, -0.25) is 29.6 Å². The molecule has 3 N–H and O–H groups in total. The fourth-order valence-electron chi connectivity index (χ4n) is 3.15. The number of nitrogens with zero attached hydrogens (tertiary/aromatic N) is 3. The van der Waals surface area contributed by atoms with Crippen LogP contribution in [-0.4, -0.2) is 33.9 Å². The minimum Gasteiger partial charge on any atom is -0.364 e. The zero-order valence-electron chi connectivity index (χ0n) is 17.3. The Kier molecular flexibility index (Phi) is 5.67. The first-order chi connectivity index (χ1) is 13.7. The highest BCUT2D eigenvalue weighted by molar-refractivity contribution is 6.08. The number of aromatic nitrogens is 3. The fourth-order valence-corrected chi connectivity index (χ4v) is 3.15. The molecule has 1 aliphatic rings. The first-order valence-electron chi connectivity index (χ1n) is 9.77. The summed E-state index contributed by atoms with van der Waals surface area (Å²) in [4.78, 5) is 46.6. The van der Waals surface area contributed by atoms with E-state index in [0.717, 1.165) is 6.54 Å². The Morgan fingerprint density at radius 1 is 1.34 bits per heavy atom. The lowest BCUT2D eigenvalue weighted by Crippen LogP contribution is -2.53. The SMILES string of the molecule is CC[n+]1cccc(C(=O)N2c3c(nc(NC(=O)C(C)C)[nH]c3=O)N[C@H](C)[C@@H]2C)c1. The van der Waals surface area contributed by atoms with Crippen molar-refractivity contribution in [2.24, 2.45) is 5.92 Å². The number of pyridine rings is 1. The number of aromatic amines is 1. The summed E-state index contributed by atoms with van der Waals surface area (Å²) in [6.45, 7) is 10.0. The normalized spacial score (nSPS) is 18.2. The first-order valence-corrected chi connectivity index (χ1v) is 9.77. The van der Waals surface area contributed by atoms with Gasteiger partial charge in [-0.05, 0) is 26.8 Å². The van der Waals surface area contributed by atoms with E-state index in [0.29, 0.717) is 5.56 Å². The number of rotatable bonds is 4. The van der Waals surface area contributed by atoms with Crippen molar-refractivity contribution in [3.05, 3.63) is 40.4 Å². The smallest absolute Gasteiger partial charge is 0.278 e. The van der Waals surface area contributed by atoms with E-state index in [4.69, 9.17) is 0 Å². The lowest BCUT2D eigenvalue weighted by molar-refractivity contribution is -0.693. The summed E-state index contributed by atoms with van der Waals surface area (Å²) < 4.78 is 1.90. The van der Waals surface area contributed by atoms with E-state index < -0.39 is 5.56 Å². The molecule has 3 heterocycles. The van der Waals surface area contributed by atoms with Gasteiger partial charge in [0.15, 0.2) is 23.9 Å². The van der Waals surface area contributed by atoms with Crippen molar-refractivity contribution in [3.8, 4) is 0 Å². The summed E-state index contributed by atoms with van der Waals surface area (Å²) in [5.74, 6) is -0.471. The number of aryl methyl sites for hydroxylation is 1. The number of nitrogens with one attached hydrogen (secondary N) is 3. The van der Waals surface area contributed by atoms with Gasteiger partial charge in [-0.25, -0.2) is 4.57 Å². The maximum absolute atomic E-state index is 13.3. The third-order valence-corrected chi connectivity index (χ3v) is 5.09. The van der Waals surface area contributed by atoms with Gasteiger partial charge >= 0.3 is 0 Å². The minimum absolute atomic E-state index is 0.0534. The van der Waals surface area contributed by atoms with E-state index in [1.807, 2.05) is 31.5 Å². The summed E-state index contributed by atoms with van der Waals surface area (Å²) >= 11 is 0. The molecule has 1 aliphatic heterocycles. The molecule has 0 unspecified atom stereocenters. The predicted molar refractivity (Wildman–Crippen MR) is 110 cm³/mol. The third kappa shape index (κ3) is 3.98. The monoisotopic (exact) mass is 399 g/mol. The average molecular weight is 399 g/mol. The van der Waals surface area contributed by atoms with Crippen molar-refractivity contribution in [1.82, 2.24) is 9.97 Å². The summed E-state index contributed by atoms with van der Waals surface area (Å²) in [5, 5.41) is 5.77. The topological polar surface area (TPSA) is 111 Å². The van der Waals surface area contributed by atoms with Gasteiger partial charge in [-0.1, -0.05) is 13.8 Å². The second kappa shape index (κ2) is 8.02. The number of H-pyrrole nitrogens is 1. The van der Waals surface area contributed by atoms with Crippen LogP contribution in [0.25, 0.3) is 0 Å². The van der Waals surface area contributed by atoms with Crippen LogP contribution < -0.4 is 25.7 Å². The van der Waals surface area contributed by atoms with Gasteiger partial charge in [0.25, 0.3) is 11.5 Å². The van der Waals surface area contributed by atoms with Gasteiger partial charge in [0.2, 0.25) is 11.9 Å². The van der Waals surface area contributed by atoms with E-state index in [-0.39, 0.29) is 47.3 Å². The van der Waals surface area contributed by atoms with Crippen LogP contribution in [0.1, 0.15) is 45.0 Å². The number of anilines is 3. The Balaban J connectivity index is 2.05. The Morgan fingerprint density at radius 2 is 2.07 bits per heavy atom. The molecule has 0 saturated heterocycles. The Bertz CT molecular complexity index is 1000. The van der Waals surface area contributed by atoms with Crippen molar-refractivity contribution in [2.45, 2.75) is 53.2 Å². The molecule has 2 aromatic heterocycles. The number of fused-ring (bicyclic) bond motifs is 1. The highest BCUT2D eigenvalue weighted by atomic mass is 16.2. The highest BCUT2D eigenvalue weighted by Gasteiger charge is 2.37. The second-order valence-corrected chi connectivity index (χ2v) is 7.53. The third-order valence-electron chi connectivity index (χ3n) is 5.09. The van der Waals surface area contributed by atoms with Gasteiger partial charge in [0.05, 0.1) is 6.04 Å². The fraction of sp³-hybridized carbons (Fsp3) is 0.450. The van der Waals surface area contributed by atoms with Crippen molar-refractivity contribution < 1.29 is 14.2 Å². The molecular weight excluding hydrogens is 372 g/mol. The lowest BCUT2D eigenvalue weighted by atomic mass is 10.0. The molecule has 0 spiro atoms. The largest absolute Gasteiger partial charge is 0.364 e. The van der Waals surface area contributed by atoms with Gasteiger partial charge < -0.3 is 5.32 Å². The zero-order valence-corrected chi connectivity index (χ0v) is 17.3. The standard InChI is InChI=1S/C20H26N6O3/c1-6-25-9-7-8-14(10-25)19(29)26-13(5)12(4)21-16-15(26)18(28)24-20(22-16)23-17(27)11(2)3/h7-13H,6H2,1-5H3,(H2-,21,22,23,24,27,28)/p+1/t12-,13+/m1/s1. The van der Waals surface area contributed by atoms with Crippen molar-refractivity contribution in [2.75, 3.05) is 15.5 Å². The summed E-state index contributed by atoms with van der Waals surface area (Å²) in [6, 6.07) is 3.12. The second-order valence-electron chi connectivity index (χ2n) is 7.53. The molecule has 2 amide bonds. The summed E-state index contributed by atoms with van der Waals surface area (Å²) in [6.07, 6.45) is 3.65. The van der Waals surface area contributed by atoms with Gasteiger partial charge in [0, 0.05) is 18.0 Å². The van der Waals surface area contributed by atoms with E-state index in [2.05, 4.69) is 20.6 Å². The van der Waals surface area contributed by atoms with Crippen LogP contribution in [0.2, 0.25) is 0 Å². The molecule has 0 bridgehead atoms. The van der Waals surface area contributed by atoms with Gasteiger partial charge in [-0.15, -0.1) is 0 Å². The first kappa shape index (κ1) is 20.5. The number of carbonyl (C=O) groups is 2. The molecule has 29 heavy (non-hydrogen) atoms. The van der Waals surface area contributed by atoms with Crippen molar-refractivity contribution >= 4 is 29.3 Å². The molecule has 3 rings (SSSR count). The highest BCUT2D eigenvalue weighted by Crippen LogP contribution is 2.31. The van der Waals surface area contributed by atoms with Crippen LogP contribution in [0.4, 0.5) is 17.5 Å². The average Bonchev–Trinajstić information content (AvgIpc) is 2.68. The van der Waals surface area contributed by atoms with E-state index in [9.17, 15) is 14.4 Å². The zero-order chi connectivity index (χ0) is 21.3.